The van der Waals surface area contributed by atoms with E-state index < -0.39 is 73.7 Å². The molecule has 13 heteroatoms. The zero-order valence-electron chi connectivity index (χ0n) is 24.3. The lowest BCUT2D eigenvalue weighted by atomic mass is 9.59. The zero-order chi connectivity index (χ0) is 32.4. The van der Waals surface area contributed by atoms with Gasteiger partial charge in [0.05, 0.1) is 5.92 Å². The average Bonchev–Trinajstić information content (AvgIpc) is 3.67. The number of esters is 2. The normalized spacial score (nSPS) is 32.1. The second-order valence-electron chi connectivity index (χ2n) is 12.6. The van der Waals surface area contributed by atoms with E-state index in [1.54, 1.807) is 12.1 Å². The molecule has 1 N–H and O–H groups in total. The maximum absolute atomic E-state index is 14.0. The molecule has 0 aromatic heterocycles. The molecule has 240 valence electrons. The van der Waals surface area contributed by atoms with E-state index in [0.29, 0.717) is 6.42 Å². The van der Waals surface area contributed by atoms with E-state index in [9.17, 15) is 31.0 Å². The number of carbonyl (C=O) groups is 2. The summed E-state index contributed by atoms with van der Waals surface area (Å²) in [7, 11) is -8.89. The van der Waals surface area contributed by atoms with Gasteiger partial charge in [-0.25, -0.2) is 0 Å². The molecule has 3 saturated heterocycles. The third-order valence-electron chi connectivity index (χ3n) is 10.4. The molecular formula is C34H26O11S2. The first-order valence-electron chi connectivity index (χ1n) is 15.2. The first-order valence-corrected chi connectivity index (χ1v) is 18.1. The number of hydrogen-bond acceptors (Lipinski definition) is 10. The third-order valence-corrected chi connectivity index (χ3v) is 13.0. The van der Waals surface area contributed by atoms with E-state index >= 15 is 0 Å². The Morgan fingerprint density at radius 1 is 0.766 bits per heavy atom. The molecule has 0 spiro atoms. The fraction of sp³-hybridized carbons (Fsp3) is 0.294. The molecule has 3 fully saturated rings. The van der Waals surface area contributed by atoms with Crippen LogP contribution in [0, 0.1) is 11.8 Å². The molecule has 7 atom stereocenters. The Morgan fingerprint density at radius 3 is 2.04 bits per heavy atom. The maximum atomic E-state index is 14.0. The van der Waals surface area contributed by atoms with Crippen LogP contribution in [0.15, 0.2) is 89.8 Å². The predicted octanol–water partition coefficient (Wildman–Crippen LogP) is 3.70. The van der Waals surface area contributed by atoms with Gasteiger partial charge in [-0.1, -0.05) is 72.8 Å². The number of fused-ring (bicyclic) bond motifs is 3. The summed E-state index contributed by atoms with van der Waals surface area (Å²) in [6.07, 6.45) is -3.94. The van der Waals surface area contributed by atoms with Crippen LogP contribution in [0.25, 0.3) is 10.8 Å². The number of hydrogen-bond donors (Lipinski definition) is 1. The molecule has 4 aromatic rings. The van der Waals surface area contributed by atoms with Crippen molar-refractivity contribution in [2.75, 3.05) is 0 Å². The van der Waals surface area contributed by atoms with Gasteiger partial charge < -0.3 is 14.2 Å². The van der Waals surface area contributed by atoms with Gasteiger partial charge in [-0.05, 0) is 40.8 Å². The lowest BCUT2D eigenvalue weighted by molar-refractivity contribution is -0.165. The molecule has 6 aliphatic rings. The summed E-state index contributed by atoms with van der Waals surface area (Å²) in [4.78, 5) is 27.4. The van der Waals surface area contributed by atoms with Crippen molar-refractivity contribution in [3.8, 4) is 5.75 Å². The van der Waals surface area contributed by atoms with Gasteiger partial charge >= 0.3 is 11.9 Å². The molecule has 10 rings (SSSR count). The van der Waals surface area contributed by atoms with Gasteiger partial charge in [-0.2, -0.15) is 16.8 Å². The van der Waals surface area contributed by atoms with Gasteiger partial charge in [0.15, 0.2) is 6.10 Å². The van der Waals surface area contributed by atoms with Crippen molar-refractivity contribution >= 4 is 42.9 Å². The van der Waals surface area contributed by atoms with Crippen molar-refractivity contribution in [3.63, 3.8) is 0 Å². The van der Waals surface area contributed by atoms with E-state index in [-0.39, 0.29) is 33.3 Å². The largest absolute Gasteiger partial charge is 0.456 e. The van der Waals surface area contributed by atoms with Crippen LogP contribution < -0.4 is 4.74 Å². The summed E-state index contributed by atoms with van der Waals surface area (Å²) in [6, 6.07) is 24.5. The van der Waals surface area contributed by atoms with Gasteiger partial charge in [0.1, 0.15) is 40.1 Å². The van der Waals surface area contributed by atoms with Crippen molar-refractivity contribution in [2.24, 2.45) is 11.8 Å². The lowest BCUT2D eigenvalue weighted by Gasteiger charge is -2.44. The van der Waals surface area contributed by atoms with Crippen molar-refractivity contribution < 1.29 is 49.4 Å². The summed E-state index contributed by atoms with van der Waals surface area (Å²) >= 11 is 0. The highest BCUT2D eigenvalue weighted by molar-refractivity contribution is 7.87. The molecular weight excluding hydrogens is 648 g/mol. The topological polar surface area (TPSA) is 160 Å². The second-order valence-corrected chi connectivity index (χ2v) is 15.8. The monoisotopic (exact) mass is 674 g/mol. The molecule has 0 radical (unpaired) electrons. The van der Waals surface area contributed by atoms with Crippen LogP contribution in [0.2, 0.25) is 0 Å². The van der Waals surface area contributed by atoms with Crippen molar-refractivity contribution in [3.05, 3.63) is 107 Å². The summed E-state index contributed by atoms with van der Waals surface area (Å²) in [5.74, 6) is -3.70. The Bertz CT molecular complexity index is 2200. The van der Waals surface area contributed by atoms with Gasteiger partial charge in [0.2, 0.25) is 0 Å². The predicted molar refractivity (Wildman–Crippen MR) is 164 cm³/mol. The molecule has 7 unspecified atom stereocenters. The van der Waals surface area contributed by atoms with Crippen LogP contribution in [0.1, 0.15) is 40.5 Å². The van der Waals surface area contributed by atoms with E-state index in [2.05, 4.69) is 12.1 Å². The number of carbonyl (C=O) groups excluding carboxylic acids is 2. The number of ether oxygens (including phenoxy) is 3. The summed E-state index contributed by atoms with van der Waals surface area (Å²) in [5.41, 5.74) is 4.47. The average molecular weight is 675 g/mol. The molecule has 47 heavy (non-hydrogen) atoms. The Balaban J connectivity index is 1.03. The highest BCUT2D eigenvalue weighted by Crippen LogP contribution is 2.57. The summed E-state index contributed by atoms with van der Waals surface area (Å²) in [5, 5.41) is -1.05. The minimum Gasteiger partial charge on any atom is -0.456 e. The first-order chi connectivity index (χ1) is 22.5. The SMILES string of the molecule is O=C(OC1C2OS(=O)(=O)C3C2OC1C3C(=O)Oc1ccc(S(=O)(=O)O)c2ccccc12)C1CC2c3ccccc3C1c1ccccc12. The fourth-order valence-corrected chi connectivity index (χ4v) is 11.1. The zero-order valence-corrected chi connectivity index (χ0v) is 26.0. The Morgan fingerprint density at radius 2 is 1.38 bits per heavy atom. The van der Waals surface area contributed by atoms with Crippen LogP contribution in [0.5, 0.6) is 5.75 Å². The van der Waals surface area contributed by atoms with Crippen molar-refractivity contribution in [1.82, 2.24) is 0 Å². The van der Waals surface area contributed by atoms with Gasteiger partial charge in [0, 0.05) is 22.6 Å². The molecule has 3 aliphatic carbocycles. The van der Waals surface area contributed by atoms with Gasteiger partial charge in [0.25, 0.3) is 20.2 Å². The van der Waals surface area contributed by atoms with Crippen molar-refractivity contribution in [2.45, 2.75) is 52.8 Å². The Hall–Kier alpha value is -4.14. The standard InChI is InChI=1S/C34H26O11S2/c35-33(23-15-22-16-7-1-5-11-20(16)26(23)21-12-6-2-8-17(21)22)44-29-28-27(32-31(43-28)30(29)45-47(32,40)41)34(36)42-24-13-14-25(46(37,38)39)19-10-4-3-9-18(19)24/h1-14,22-23,26-32H,15H2,(H,37,38,39). The third kappa shape index (κ3) is 4.13. The molecule has 4 aromatic carbocycles. The maximum Gasteiger partial charge on any atom is 0.318 e. The highest BCUT2D eigenvalue weighted by Gasteiger charge is 2.74. The van der Waals surface area contributed by atoms with Gasteiger partial charge in [-0.3, -0.25) is 18.3 Å². The molecule has 0 amide bonds. The minimum absolute atomic E-state index is 0.00141. The molecule has 0 saturated carbocycles. The smallest absolute Gasteiger partial charge is 0.318 e. The van der Waals surface area contributed by atoms with Crippen LogP contribution in [0.4, 0.5) is 0 Å². The first kappa shape index (κ1) is 29.0. The summed E-state index contributed by atoms with van der Waals surface area (Å²) in [6.45, 7) is 0. The quantitative estimate of drug-likeness (QED) is 0.142. The molecule has 11 nitrogen and oxygen atoms in total. The summed E-state index contributed by atoms with van der Waals surface area (Å²) < 4.78 is 83.2. The fourth-order valence-electron chi connectivity index (χ4n) is 8.55. The van der Waals surface area contributed by atoms with Gasteiger partial charge in [-0.15, -0.1) is 0 Å². The molecule has 3 heterocycles. The van der Waals surface area contributed by atoms with Crippen molar-refractivity contribution in [1.29, 1.82) is 0 Å². The Labute approximate surface area is 269 Å². The van der Waals surface area contributed by atoms with Crippen LogP contribution in [-0.4, -0.2) is 63.0 Å². The van der Waals surface area contributed by atoms with E-state index in [1.165, 1.54) is 29.3 Å². The van der Waals surface area contributed by atoms with E-state index in [1.807, 2.05) is 36.4 Å². The molecule has 4 bridgehead atoms. The number of rotatable bonds is 5. The lowest BCUT2D eigenvalue weighted by Crippen LogP contribution is -2.51. The van der Waals surface area contributed by atoms with E-state index in [4.69, 9.17) is 18.4 Å². The second kappa shape index (κ2) is 9.94. The van der Waals surface area contributed by atoms with Crippen LogP contribution >= 0.6 is 0 Å². The van der Waals surface area contributed by atoms with E-state index in [0.717, 1.165) is 17.2 Å². The number of benzene rings is 4. The highest BCUT2D eigenvalue weighted by atomic mass is 32.2. The van der Waals surface area contributed by atoms with Crippen LogP contribution in [-0.2, 0) is 43.5 Å². The molecule has 3 aliphatic heterocycles. The van der Waals surface area contributed by atoms with Crippen LogP contribution in [0.3, 0.4) is 0 Å². The minimum atomic E-state index is -4.59. The Kier molecular flexibility index (Phi) is 6.14.